The Morgan fingerprint density at radius 1 is 1.23 bits per heavy atom. The summed E-state index contributed by atoms with van der Waals surface area (Å²) in [7, 11) is -1.32. The molecule has 5 N–H and O–H groups in total. The number of carboxylic acids is 1. The number of unbranched alkanes of at least 4 members (excludes halogenated alkanes) is 2. The van der Waals surface area contributed by atoms with Crippen LogP contribution >= 0.6 is 0 Å². The Labute approximate surface area is 133 Å². The fraction of sp³-hybridized carbons (Fsp3) is 0.933. The Morgan fingerprint density at radius 3 is 2.41 bits per heavy atom. The van der Waals surface area contributed by atoms with Crippen LogP contribution in [0.1, 0.15) is 58.3 Å². The lowest BCUT2D eigenvalue weighted by Crippen LogP contribution is -2.50. The van der Waals surface area contributed by atoms with Crippen molar-refractivity contribution >= 4 is 13.1 Å². The van der Waals surface area contributed by atoms with Crippen molar-refractivity contribution in [1.29, 1.82) is 0 Å². The second-order valence-corrected chi connectivity index (χ2v) is 6.56. The zero-order valence-electron chi connectivity index (χ0n) is 13.7. The van der Waals surface area contributed by atoms with Crippen LogP contribution in [0.4, 0.5) is 0 Å². The van der Waals surface area contributed by atoms with E-state index in [0.717, 1.165) is 25.9 Å². The van der Waals surface area contributed by atoms with Gasteiger partial charge in [0.2, 0.25) is 0 Å². The molecule has 0 saturated heterocycles. The first-order valence-electron chi connectivity index (χ1n) is 8.51. The van der Waals surface area contributed by atoms with Crippen LogP contribution < -0.4 is 5.73 Å². The summed E-state index contributed by atoms with van der Waals surface area (Å²) >= 11 is 0. The first-order chi connectivity index (χ1) is 10.4. The van der Waals surface area contributed by atoms with Gasteiger partial charge in [-0.3, -0.25) is 4.79 Å². The van der Waals surface area contributed by atoms with Crippen LogP contribution in [0.25, 0.3) is 0 Å². The smallest absolute Gasteiger partial charge is 0.451 e. The highest BCUT2D eigenvalue weighted by Crippen LogP contribution is 2.28. The van der Waals surface area contributed by atoms with Crippen molar-refractivity contribution in [2.24, 2.45) is 5.73 Å². The normalized spacial score (nSPS) is 17.5. The fourth-order valence-corrected chi connectivity index (χ4v) is 2.73. The molecule has 1 unspecified atom stereocenters. The van der Waals surface area contributed by atoms with Gasteiger partial charge in [-0.25, -0.2) is 0 Å². The SMILES string of the molecule is CCCCN(CCC(N)(CCCCB(O)O)C(=O)O)C1CC1. The summed E-state index contributed by atoms with van der Waals surface area (Å²) in [6, 6.07) is 0.620. The van der Waals surface area contributed by atoms with E-state index in [0.29, 0.717) is 31.7 Å². The number of hydrogen-bond donors (Lipinski definition) is 4. The third-order valence-corrected chi connectivity index (χ3v) is 4.47. The lowest BCUT2D eigenvalue weighted by atomic mass is 9.81. The van der Waals surface area contributed by atoms with E-state index in [-0.39, 0.29) is 6.32 Å². The number of rotatable bonds is 13. The first-order valence-corrected chi connectivity index (χ1v) is 8.51. The third kappa shape index (κ3) is 7.09. The summed E-state index contributed by atoms with van der Waals surface area (Å²) in [4.78, 5) is 13.9. The number of nitrogens with zero attached hydrogens (tertiary/aromatic N) is 1. The molecule has 0 aromatic heterocycles. The predicted molar refractivity (Wildman–Crippen MR) is 87.5 cm³/mol. The largest absolute Gasteiger partial charge is 0.480 e. The molecule has 0 aliphatic heterocycles. The summed E-state index contributed by atoms with van der Waals surface area (Å²) in [5.74, 6) is -0.955. The van der Waals surface area contributed by atoms with E-state index < -0.39 is 18.6 Å². The van der Waals surface area contributed by atoms with E-state index in [4.69, 9.17) is 15.8 Å². The Morgan fingerprint density at radius 2 is 1.91 bits per heavy atom. The summed E-state index contributed by atoms with van der Waals surface area (Å²) in [6.45, 7) is 3.91. The van der Waals surface area contributed by atoms with Gasteiger partial charge in [-0.2, -0.15) is 0 Å². The van der Waals surface area contributed by atoms with Crippen molar-refractivity contribution in [3.63, 3.8) is 0 Å². The average Bonchev–Trinajstić information content (AvgIpc) is 3.28. The molecule has 1 fully saturated rings. The lowest BCUT2D eigenvalue weighted by Gasteiger charge is -2.29. The van der Waals surface area contributed by atoms with E-state index in [1.807, 2.05) is 0 Å². The molecule has 0 aromatic carbocycles. The highest BCUT2D eigenvalue weighted by atomic mass is 16.4. The molecule has 0 bridgehead atoms. The molecular formula is C15H31BN2O4. The summed E-state index contributed by atoms with van der Waals surface area (Å²) in [5.41, 5.74) is 4.90. The molecule has 6 nitrogen and oxygen atoms in total. The van der Waals surface area contributed by atoms with Gasteiger partial charge >= 0.3 is 13.1 Å². The second-order valence-electron chi connectivity index (χ2n) is 6.56. The van der Waals surface area contributed by atoms with Crippen molar-refractivity contribution < 1.29 is 19.9 Å². The Bertz CT molecular complexity index is 340. The molecule has 1 rings (SSSR count). The number of aliphatic carboxylic acids is 1. The van der Waals surface area contributed by atoms with Crippen molar-refractivity contribution in [3.05, 3.63) is 0 Å². The van der Waals surface area contributed by atoms with Crippen LogP contribution in [0.3, 0.4) is 0 Å². The number of nitrogens with two attached hydrogens (primary N) is 1. The van der Waals surface area contributed by atoms with Crippen molar-refractivity contribution in [1.82, 2.24) is 4.90 Å². The third-order valence-electron chi connectivity index (χ3n) is 4.47. The van der Waals surface area contributed by atoms with E-state index in [1.54, 1.807) is 0 Å². The maximum Gasteiger partial charge on any atom is 0.451 e. The maximum atomic E-state index is 11.5. The first kappa shape index (κ1) is 19.4. The molecule has 0 heterocycles. The molecule has 1 atom stereocenters. The van der Waals surface area contributed by atoms with Gasteiger partial charge in [0.25, 0.3) is 0 Å². The van der Waals surface area contributed by atoms with E-state index in [1.165, 1.54) is 12.8 Å². The Balaban J connectivity index is 2.41. The summed E-state index contributed by atoms with van der Waals surface area (Å²) < 4.78 is 0. The van der Waals surface area contributed by atoms with Crippen molar-refractivity contribution in [2.45, 2.75) is 76.2 Å². The minimum atomic E-state index is -1.32. The minimum Gasteiger partial charge on any atom is -0.480 e. The summed E-state index contributed by atoms with van der Waals surface area (Å²) in [5, 5.41) is 27.1. The molecule has 22 heavy (non-hydrogen) atoms. The van der Waals surface area contributed by atoms with Crippen LogP contribution in [0, 0.1) is 0 Å². The number of carbonyl (C=O) groups is 1. The van der Waals surface area contributed by atoms with Crippen molar-refractivity contribution in [2.75, 3.05) is 13.1 Å². The topological polar surface area (TPSA) is 107 Å². The van der Waals surface area contributed by atoms with Crippen LogP contribution in [0.15, 0.2) is 0 Å². The minimum absolute atomic E-state index is 0.264. The second kappa shape index (κ2) is 9.50. The zero-order chi connectivity index (χ0) is 16.6. The van der Waals surface area contributed by atoms with Crippen LogP contribution in [-0.4, -0.2) is 57.8 Å². The molecule has 1 aliphatic rings. The average molecular weight is 314 g/mol. The Kier molecular flexibility index (Phi) is 8.39. The highest BCUT2D eigenvalue weighted by molar-refractivity contribution is 6.40. The van der Waals surface area contributed by atoms with Crippen molar-refractivity contribution in [3.8, 4) is 0 Å². The van der Waals surface area contributed by atoms with Crippen LogP contribution in [-0.2, 0) is 4.79 Å². The number of hydrogen-bond acceptors (Lipinski definition) is 5. The van der Waals surface area contributed by atoms with Gasteiger partial charge in [0, 0.05) is 12.6 Å². The van der Waals surface area contributed by atoms with Crippen LogP contribution in [0.2, 0.25) is 6.32 Å². The fourth-order valence-electron chi connectivity index (χ4n) is 2.73. The molecular weight excluding hydrogens is 283 g/mol. The maximum absolute atomic E-state index is 11.5. The molecule has 0 spiro atoms. The molecule has 0 aromatic rings. The lowest BCUT2D eigenvalue weighted by molar-refractivity contribution is -0.144. The van der Waals surface area contributed by atoms with Gasteiger partial charge < -0.3 is 25.8 Å². The van der Waals surface area contributed by atoms with Gasteiger partial charge in [0.15, 0.2) is 0 Å². The predicted octanol–water partition coefficient (Wildman–Crippen LogP) is 1.07. The molecule has 1 saturated carbocycles. The van der Waals surface area contributed by atoms with Gasteiger partial charge in [-0.1, -0.05) is 26.2 Å². The standard InChI is InChI=1S/C15H31BN2O4/c1-2-3-11-18(13-6-7-13)12-9-15(17,14(19)20)8-4-5-10-16(21)22/h13,21-22H,2-12,17H2,1H3,(H,19,20). The highest BCUT2D eigenvalue weighted by Gasteiger charge is 2.36. The molecule has 128 valence electrons. The molecule has 0 amide bonds. The van der Waals surface area contributed by atoms with Gasteiger partial charge in [-0.05, 0) is 45.0 Å². The number of carboxylic acid groups (broad SMARTS) is 1. The van der Waals surface area contributed by atoms with E-state index in [2.05, 4.69) is 11.8 Å². The van der Waals surface area contributed by atoms with E-state index in [9.17, 15) is 9.90 Å². The molecule has 0 radical (unpaired) electrons. The summed E-state index contributed by atoms with van der Waals surface area (Å²) in [6.07, 6.45) is 6.96. The Hall–Kier alpha value is -0.625. The van der Waals surface area contributed by atoms with Gasteiger partial charge in [0.05, 0.1) is 0 Å². The van der Waals surface area contributed by atoms with Gasteiger partial charge in [-0.15, -0.1) is 0 Å². The monoisotopic (exact) mass is 314 g/mol. The molecule has 1 aliphatic carbocycles. The molecule has 7 heteroatoms. The quantitative estimate of drug-likeness (QED) is 0.299. The van der Waals surface area contributed by atoms with E-state index >= 15 is 0 Å². The zero-order valence-corrected chi connectivity index (χ0v) is 13.7. The van der Waals surface area contributed by atoms with Crippen LogP contribution in [0.5, 0.6) is 0 Å². The van der Waals surface area contributed by atoms with Gasteiger partial charge in [0.1, 0.15) is 5.54 Å².